The Labute approximate surface area is 156 Å². The van der Waals surface area contributed by atoms with Gasteiger partial charge in [0.1, 0.15) is 0 Å². The Morgan fingerprint density at radius 2 is 2.04 bits per heavy atom. The second kappa shape index (κ2) is 12.6. The topological polar surface area (TPSA) is 101 Å². The quantitative estimate of drug-likeness (QED) is 0.200. The van der Waals surface area contributed by atoms with Gasteiger partial charge in [0.15, 0.2) is 0 Å². The Balaban J connectivity index is 2.46. The van der Waals surface area contributed by atoms with Crippen molar-refractivity contribution in [3.05, 3.63) is 34.0 Å². The summed E-state index contributed by atoms with van der Waals surface area (Å²) < 4.78 is 0. The number of hydrogen-bond donors (Lipinski definition) is 2. The highest BCUT2D eigenvalue weighted by molar-refractivity contribution is 5.66. The van der Waals surface area contributed by atoms with Gasteiger partial charge in [0.25, 0.3) is 0 Å². The average molecular weight is 367 g/mol. The number of nitrogens with zero attached hydrogens (tertiary/aromatic N) is 1. The van der Waals surface area contributed by atoms with Crippen LogP contribution in [0.5, 0.6) is 0 Å². The van der Waals surface area contributed by atoms with Gasteiger partial charge in [-0.05, 0) is 37.7 Å². The van der Waals surface area contributed by atoms with Crippen molar-refractivity contribution >= 4 is 5.97 Å². The van der Waals surface area contributed by atoms with Gasteiger partial charge < -0.3 is 10.2 Å². The van der Waals surface area contributed by atoms with E-state index in [1.165, 1.54) is 0 Å². The number of hydrogen-bond acceptors (Lipinski definition) is 4. The maximum atomic E-state index is 11.3. The number of nitro groups is 1. The van der Waals surface area contributed by atoms with Crippen LogP contribution in [0, 0.1) is 22.0 Å². The van der Waals surface area contributed by atoms with Gasteiger partial charge >= 0.3 is 5.97 Å². The molecule has 0 bridgehead atoms. The number of rotatable bonds is 14. The van der Waals surface area contributed by atoms with Crippen LogP contribution in [0.4, 0.5) is 0 Å². The highest BCUT2D eigenvalue weighted by Gasteiger charge is 2.35. The standard InChI is InChI=1S/C20H33NO5/c1-2-3-6-9-17(22)14-12-16-13-15-19(21(25)26)18(16)10-7-4-5-8-11-20(23)24/h12,14-18,22H,2-11,13H2,1H3,(H,23,24)/t16-,17+,18-/m1/s1. The van der Waals surface area contributed by atoms with Crippen LogP contribution >= 0.6 is 0 Å². The van der Waals surface area contributed by atoms with Crippen LogP contribution in [-0.2, 0) is 4.79 Å². The fraction of sp³-hybridized carbons (Fsp3) is 0.750. The van der Waals surface area contributed by atoms with E-state index in [0.29, 0.717) is 18.5 Å². The van der Waals surface area contributed by atoms with Crippen LogP contribution in [0.2, 0.25) is 0 Å². The summed E-state index contributed by atoms with van der Waals surface area (Å²) in [5.41, 5.74) is 0.297. The SMILES string of the molecule is CCCCC[C@H](O)C=C[C@@H]1CC=C([N+](=O)[O-])[C@@H]1CCCCCCC(=O)O. The molecule has 0 saturated heterocycles. The van der Waals surface area contributed by atoms with Crippen molar-refractivity contribution in [1.29, 1.82) is 0 Å². The molecule has 0 radical (unpaired) electrons. The van der Waals surface area contributed by atoms with E-state index < -0.39 is 12.1 Å². The normalized spacial score (nSPS) is 21.1. The first-order chi connectivity index (χ1) is 12.5. The van der Waals surface area contributed by atoms with E-state index >= 15 is 0 Å². The molecule has 3 atom stereocenters. The molecule has 0 fully saturated rings. The molecular formula is C20H33NO5. The molecule has 0 aliphatic heterocycles. The van der Waals surface area contributed by atoms with Gasteiger partial charge in [-0.25, -0.2) is 0 Å². The van der Waals surface area contributed by atoms with Crippen LogP contribution in [0.1, 0.15) is 77.6 Å². The molecule has 1 aliphatic carbocycles. The number of carboxylic acid groups (broad SMARTS) is 1. The van der Waals surface area contributed by atoms with Gasteiger partial charge in [0.2, 0.25) is 5.70 Å². The summed E-state index contributed by atoms with van der Waals surface area (Å²) in [4.78, 5) is 21.5. The van der Waals surface area contributed by atoms with E-state index in [9.17, 15) is 20.0 Å². The summed E-state index contributed by atoms with van der Waals surface area (Å²) in [5, 5.41) is 29.9. The third-order valence-corrected chi connectivity index (χ3v) is 5.05. The smallest absolute Gasteiger partial charge is 0.303 e. The highest BCUT2D eigenvalue weighted by Crippen LogP contribution is 2.37. The fourth-order valence-electron chi connectivity index (χ4n) is 3.54. The van der Waals surface area contributed by atoms with E-state index in [4.69, 9.17) is 5.11 Å². The zero-order chi connectivity index (χ0) is 19.4. The van der Waals surface area contributed by atoms with Crippen molar-refractivity contribution in [2.24, 2.45) is 11.8 Å². The number of carbonyl (C=O) groups is 1. The first-order valence-corrected chi connectivity index (χ1v) is 9.88. The lowest BCUT2D eigenvalue weighted by Gasteiger charge is -2.16. The number of aliphatic hydroxyl groups is 1. The molecular weight excluding hydrogens is 334 g/mol. The first-order valence-electron chi connectivity index (χ1n) is 9.88. The lowest BCUT2D eigenvalue weighted by atomic mass is 9.88. The molecule has 0 unspecified atom stereocenters. The summed E-state index contributed by atoms with van der Waals surface area (Å²) in [6.07, 6.45) is 13.8. The van der Waals surface area contributed by atoms with Crippen molar-refractivity contribution in [2.45, 2.75) is 83.7 Å². The van der Waals surface area contributed by atoms with Crippen LogP contribution in [0.25, 0.3) is 0 Å². The van der Waals surface area contributed by atoms with Gasteiger partial charge in [-0.2, -0.15) is 0 Å². The number of allylic oxidation sites excluding steroid dienone is 3. The van der Waals surface area contributed by atoms with Crippen LogP contribution in [0.3, 0.4) is 0 Å². The molecule has 0 aromatic rings. The largest absolute Gasteiger partial charge is 0.481 e. The van der Waals surface area contributed by atoms with Crippen molar-refractivity contribution in [3.63, 3.8) is 0 Å². The van der Waals surface area contributed by atoms with E-state index in [2.05, 4.69) is 6.92 Å². The molecule has 0 aromatic heterocycles. The summed E-state index contributed by atoms with van der Waals surface area (Å²) in [5.74, 6) is -0.805. The maximum Gasteiger partial charge on any atom is 0.303 e. The van der Waals surface area contributed by atoms with Gasteiger partial charge in [0.05, 0.1) is 16.9 Å². The van der Waals surface area contributed by atoms with Crippen LogP contribution in [0.15, 0.2) is 23.9 Å². The Kier molecular flexibility index (Phi) is 10.9. The highest BCUT2D eigenvalue weighted by atomic mass is 16.6. The van der Waals surface area contributed by atoms with Crippen LogP contribution < -0.4 is 0 Å². The molecule has 0 saturated carbocycles. The summed E-state index contributed by atoms with van der Waals surface area (Å²) in [7, 11) is 0. The lowest BCUT2D eigenvalue weighted by Crippen LogP contribution is -2.15. The zero-order valence-corrected chi connectivity index (χ0v) is 15.8. The zero-order valence-electron chi connectivity index (χ0n) is 15.8. The number of carboxylic acids is 1. The molecule has 1 aliphatic rings. The van der Waals surface area contributed by atoms with E-state index in [1.54, 1.807) is 12.2 Å². The molecule has 6 nitrogen and oxygen atoms in total. The molecule has 2 N–H and O–H groups in total. The van der Waals surface area contributed by atoms with Gasteiger partial charge in [-0.1, -0.05) is 57.6 Å². The molecule has 0 aromatic carbocycles. The lowest BCUT2D eigenvalue weighted by molar-refractivity contribution is -0.433. The monoisotopic (exact) mass is 367 g/mol. The Hall–Kier alpha value is -1.69. The Morgan fingerprint density at radius 1 is 1.31 bits per heavy atom. The number of aliphatic hydroxyl groups excluding tert-OH is 1. The predicted molar refractivity (Wildman–Crippen MR) is 101 cm³/mol. The van der Waals surface area contributed by atoms with Crippen molar-refractivity contribution in [1.82, 2.24) is 0 Å². The molecule has 1 rings (SSSR count). The third-order valence-electron chi connectivity index (χ3n) is 5.05. The second-order valence-corrected chi connectivity index (χ2v) is 7.19. The number of aliphatic carboxylic acids is 1. The van der Waals surface area contributed by atoms with Crippen LogP contribution in [-0.4, -0.2) is 27.2 Å². The minimum absolute atomic E-state index is 0.0789. The molecule has 148 valence electrons. The fourth-order valence-corrected chi connectivity index (χ4v) is 3.54. The van der Waals surface area contributed by atoms with Gasteiger partial charge in [-0.3, -0.25) is 14.9 Å². The first kappa shape index (κ1) is 22.4. The van der Waals surface area contributed by atoms with Gasteiger partial charge in [-0.15, -0.1) is 0 Å². The summed E-state index contributed by atoms with van der Waals surface area (Å²) >= 11 is 0. The van der Waals surface area contributed by atoms with Crippen molar-refractivity contribution < 1.29 is 19.9 Å². The van der Waals surface area contributed by atoms with E-state index in [0.717, 1.165) is 51.4 Å². The van der Waals surface area contributed by atoms with Gasteiger partial charge in [0, 0.05) is 6.42 Å². The minimum Gasteiger partial charge on any atom is -0.481 e. The van der Waals surface area contributed by atoms with Crippen molar-refractivity contribution in [2.75, 3.05) is 0 Å². The Bertz CT molecular complexity index is 500. The summed E-state index contributed by atoms with van der Waals surface area (Å²) in [6.45, 7) is 2.12. The number of unbranched alkanes of at least 4 members (excludes halogenated alkanes) is 5. The molecule has 0 amide bonds. The molecule has 26 heavy (non-hydrogen) atoms. The van der Waals surface area contributed by atoms with E-state index in [-0.39, 0.29) is 23.2 Å². The summed E-state index contributed by atoms with van der Waals surface area (Å²) in [6, 6.07) is 0. The average Bonchev–Trinajstić information content (AvgIpc) is 2.99. The predicted octanol–water partition coefficient (Wildman–Crippen LogP) is 4.71. The maximum absolute atomic E-state index is 11.3. The van der Waals surface area contributed by atoms with E-state index in [1.807, 2.05) is 6.08 Å². The molecule has 0 heterocycles. The second-order valence-electron chi connectivity index (χ2n) is 7.19. The molecule has 0 spiro atoms. The third kappa shape index (κ3) is 8.61. The van der Waals surface area contributed by atoms with Crippen molar-refractivity contribution in [3.8, 4) is 0 Å². The minimum atomic E-state index is -0.776. The molecule has 6 heteroatoms. The Morgan fingerprint density at radius 3 is 2.69 bits per heavy atom.